The van der Waals surface area contributed by atoms with Crippen molar-refractivity contribution in [3.8, 4) is 11.1 Å². The Morgan fingerprint density at radius 2 is 1.88 bits per heavy atom. The molecule has 0 aliphatic heterocycles. The quantitative estimate of drug-likeness (QED) is 0.340. The molecule has 0 saturated carbocycles. The van der Waals surface area contributed by atoms with Crippen LogP contribution in [0.2, 0.25) is 0 Å². The van der Waals surface area contributed by atoms with Crippen molar-refractivity contribution in [2.45, 2.75) is 72.0 Å². The van der Waals surface area contributed by atoms with Crippen molar-refractivity contribution in [3.63, 3.8) is 0 Å². The minimum absolute atomic E-state index is 0.617. The van der Waals surface area contributed by atoms with E-state index < -0.39 is 17.7 Å². The number of hydrogen-bond acceptors (Lipinski definition) is 6. The summed E-state index contributed by atoms with van der Waals surface area (Å²) in [4.78, 5) is 24.5. The number of pyridine rings is 1. The lowest BCUT2D eigenvalue weighted by atomic mass is 9.88. The molecule has 0 spiro atoms. The molecule has 172 valence electrons. The summed E-state index contributed by atoms with van der Waals surface area (Å²) in [5, 5.41) is 12.4. The second kappa shape index (κ2) is 8.15. The van der Waals surface area contributed by atoms with E-state index in [-0.39, 0.29) is 0 Å². The molecular formula is C26H28N2O3S2. The minimum Gasteiger partial charge on any atom is -0.479 e. The van der Waals surface area contributed by atoms with Crippen LogP contribution in [-0.4, -0.2) is 26.6 Å². The maximum atomic E-state index is 12.5. The van der Waals surface area contributed by atoms with Gasteiger partial charge in [-0.15, -0.1) is 22.7 Å². The Morgan fingerprint density at radius 3 is 2.61 bits per heavy atom. The molecule has 5 nitrogen and oxygen atoms in total. The summed E-state index contributed by atoms with van der Waals surface area (Å²) in [6.07, 6.45) is 3.31. The normalized spacial score (nSPS) is 15.2. The lowest BCUT2D eigenvalue weighted by Crippen LogP contribution is -2.28. The van der Waals surface area contributed by atoms with Gasteiger partial charge in [-0.25, -0.2) is 14.8 Å². The third kappa shape index (κ3) is 4.07. The standard InChI is InChI=1S/C26H28N2O3S2/c1-13-20(23(25(29)30)31-26(3,4)5)21(15-10-11-17-19(12-15)32-14(2)28-17)22-16-8-6-7-9-18(16)33-24(22)27-13/h10-12,23H,6-9H2,1-5H3,(H,29,30)/t23-/m0/s1. The lowest BCUT2D eigenvalue weighted by molar-refractivity contribution is -0.160. The second-order valence-electron chi connectivity index (χ2n) is 9.74. The second-order valence-corrected chi connectivity index (χ2v) is 12.1. The number of aryl methyl sites for hydroxylation is 4. The molecule has 0 saturated heterocycles. The van der Waals surface area contributed by atoms with Crippen molar-refractivity contribution in [1.82, 2.24) is 9.97 Å². The van der Waals surface area contributed by atoms with Crippen LogP contribution in [0.5, 0.6) is 0 Å². The van der Waals surface area contributed by atoms with Crippen molar-refractivity contribution < 1.29 is 14.6 Å². The van der Waals surface area contributed by atoms with Crippen molar-refractivity contribution in [3.05, 3.63) is 44.9 Å². The number of ether oxygens (including phenoxy) is 1. The Hall–Kier alpha value is -2.35. The number of carboxylic acid groups (broad SMARTS) is 1. The molecule has 4 aromatic rings. The van der Waals surface area contributed by atoms with Gasteiger partial charge < -0.3 is 9.84 Å². The van der Waals surface area contributed by atoms with Gasteiger partial charge in [0.1, 0.15) is 4.83 Å². The van der Waals surface area contributed by atoms with Crippen LogP contribution in [0.1, 0.15) is 66.4 Å². The van der Waals surface area contributed by atoms with Gasteiger partial charge in [0.25, 0.3) is 0 Å². The molecule has 0 radical (unpaired) electrons. The Bertz CT molecular complexity index is 1390. The van der Waals surface area contributed by atoms with Gasteiger partial charge in [0.05, 0.1) is 20.8 Å². The van der Waals surface area contributed by atoms with Gasteiger partial charge >= 0.3 is 5.97 Å². The summed E-state index contributed by atoms with van der Waals surface area (Å²) < 4.78 is 7.25. The maximum Gasteiger partial charge on any atom is 0.337 e. The highest BCUT2D eigenvalue weighted by Crippen LogP contribution is 2.46. The average Bonchev–Trinajstić information content (AvgIpc) is 3.28. The number of aliphatic carboxylic acids is 1. The van der Waals surface area contributed by atoms with Gasteiger partial charge in [-0.2, -0.15) is 0 Å². The van der Waals surface area contributed by atoms with E-state index in [9.17, 15) is 9.90 Å². The predicted octanol–water partition coefficient (Wildman–Crippen LogP) is 7.01. The zero-order chi connectivity index (χ0) is 23.5. The smallest absolute Gasteiger partial charge is 0.337 e. The van der Waals surface area contributed by atoms with Crippen LogP contribution >= 0.6 is 22.7 Å². The van der Waals surface area contributed by atoms with Crippen molar-refractivity contribution in [2.75, 3.05) is 0 Å². The van der Waals surface area contributed by atoms with Crippen molar-refractivity contribution in [2.24, 2.45) is 0 Å². The van der Waals surface area contributed by atoms with Crippen LogP contribution in [0.3, 0.4) is 0 Å². The van der Waals surface area contributed by atoms with E-state index in [2.05, 4.69) is 17.1 Å². The number of fused-ring (bicyclic) bond motifs is 4. The largest absolute Gasteiger partial charge is 0.479 e. The fourth-order valence-electron chi connectivity index (χ4n) is 4.82. The van der Waals surface area contributed by atoms with E-state index in [1.807, 2.05) is 40.7 Å². The van der Waals surface area contributed by atoms with Crippen LogP contribution in [0.4, 0.5) is 0 Å². The fourth-order valence-corrected chi connectivity index (χ4v) is 7.00. The van der Waals surface area contributed by atoms with Crippen LogP contribution < -0.4 is 0 Å². The minimum atomic E-state index is -1.10. The molecule has 0 fully saturated rings. The first kappa shape index (κ1) is 22.4. The molecule has 3 aromatic heterocycles. The highest BCUT2D eigenvalue weighted by molar-refractivity contribution is 7.19. The zero-order valence-electron chi connectivity index (χ0n) is 19.6. The monoisotopic (exact) mass is 480 g/mol. The van der Waals surface area contributed by atoms with Gasteiger partial charge in [-0.05, 0) is 83.6 Å². The number of benzene rings is 1. The maximum absolute atomic E-state index is 12.5. The average molecular weight is 481 g/mol. The molecule has 3 heterocycles. The SMILES string of the molecule is Cc1nc2ccc(-c3c([C@H](OC(C)(C)C)C(=O)O)c(C)nc4sc5c(c34)CCCC5)cc2s1. The number of aromatic nitrogens is 2. The van der Waals surface area contributed by atoms with Gasteiger partial charge in [-0.1, -0.05) is 6.07 Å². The van der Waals surface area contributed by atoms with E-state index in [1.54, 1.807) is 22.7 Å². The molecule has 33 heavy (non-hydrogen) atoms. The van der Waals surface area contributed by atoms with Crippen molar-refractivity contribution in [1.29, 1.82) is 0 Å². The number of thiazole rings is 1. The fraction of sp³-hybridized carbons (Fsp3) is 0.423. The first-order valence-electron chi connectivity index (χ1n) is 11.4. The third-order valence-electron chi connectivity index (χ3n) is 6.07. The first-order valence-corrected chi connectivity index (χ1v) is 13.0. The highest BCUT2D eigenvalue weighted by Gasteiger charge is 2.34. The summed E-state index contributed by atoms with van der Waals surface area (Å²) >= 11 is 3.42. The van der Waals surface area contributed by atoms with Crippen LogP contribution in [0.25, 0.3) is 31.6 Å². The summed E-state index contributed by atoms with van der Waals surface area (Å²) in [5.41, 5.74) is 5.04. The number of hydrogen-bond donors (Lipinski definition) is 1. The topological polar surface area (TPSA) is 72.3 Å². The first-order chi connectivity index (χ1) is 15.6. The molecule has 0 amide bonds. The summed E-state index contributed by atoms with van der Waals surface area (Å²) in [6, 6.07) is 6.27. The van der Waals surface area contributed by atoms with Gasteiger partial charge in [0.2, 0.25) is 0 Å². The van der Waals surface area contributed by atoms with Crippen LogP contribution in [0, 0.1) is 13.8 Å². The summed E-state index contributed by atoms with van der Waals surface area (Å²) in [7, 11) is 0. The van der Waals surface area contributed by atoms with Crippen molar-refractivity contribution >= 4 is 49.1 Å². The Kier molecular flexibility index (Phi) is 5.54. The number of rotatable bonds is 4. The van der Waals surface area contributed by atoms with E-state index in [0.717, 1.165) is 55.8 Å². The number of nitrogens with zero attached hydrogens (tertiary/aromatic N) is 2. The van der Waals surface area contributed by atoms with Crippen LogP contribution in [-0.2, 0) is 22.4 Å². The molecule has 1 atom stereocenters. The molecule has 1 aromatic carbocycles. The van der Waals surface area contributed by atoms with Gasteiger partial charge in [0, 0.05) is 27.1 Å². The number of carbonyl (C=O) groups is 1. The Labute approximate surface area is 201 Å². The number of carboxylic acids is 1. The lowest BCUT2D eigenvalue weighted by Gasteiger charge is -2.28. The summed E-state index contributed by atoms with van der Waals surface area (Å²) in [6.45, 7) is 9.60. The molecule has 1 aliphatic carbocycles. The highest BCUT2D eigenvalue weighted by atomic mass is 32.1. The predicted molar refractivity (Wildman–Crippen MR) is 136 cm³/mol. The summed E-state index contributed by atoms with van der Waals surface area (Å²) in [5.74, 6) is -0.991. The molecule has 0 bridgehead atoms. The van der Waals surface area contributed by atoms with E-state index in [0.29, 0.717) is 11.3 Å². The van der Waals surface area contributed by atoms with Crippen LogP contribution in [0.15, 0.2) is 18.2 Å². The van der Waals surface area contributed by atoms with Gasteiger partial charge in [-0.3, -0.25) is 0 Å². The molecule has 0 unspecified atom stereocenters. The zero-order valence-corrected chi connectivity index (χ0v) is 21.2. The Morgan fingerprint density at radius 1 is 1.12 bits per heavy atom. The molecular weight excluding hydrogens is 452 g/mol. The Balaban J connectivity index is 1.87. The third-order valence-corrected chi connectivity index (χ3v) is 8.19. The molecule has 7 heteroatoms. The molecule has 1 aliphatic rings. The molecule has 1 N–H and O–H groups in total. The number of thiophene rings is 1. The van der Waals surface area contributed by atoms with E-state index in [1.165, 1.54) is 16.9 Å². The van der Waals surface area contributed by atoms with Gasteiger partial charge in [0.15, 0.2) is 6.10 Å². The molecule has 5 rings (SSSR count). The van der Waals surface area contributed by atoms with E-state index in [4.69, 9.17) is 9.72 Å². The van der Waals surface area contributed by atoms with E-state index >= 15 is 0 Å².